The van der Waals surface area contributed by atoms with Gasteiger partial charge in [0, 0.05) is 19.7 Å². The molecule has 118 valence electrons. The molecule has 0 bridgehead atoms. The van der Waals surface area contributed by atoms with Crippen molar-refractivity contribution in [1.82, 2.24) is 10.6 Å². The zero-order valence-corrected chi connectivity index (χ0v) is 14.8. The molecule has 4 nitrogen and oxygen atoms in total. The third-order valence-corrected chi connectivity index (χ3v) is 3.20. The second-order valence-electron chi connectivity index (χ2n) is 4.91. The Hall–Kier alpha value is -0.890. The minimum Gasteiger partial charge on any atom is -0.375 e. The number of hydrogen-bond donors (Lipinski definition) is 2. The number of methoxy groups -OCH3 is 1. The van der Waals surface area contributed by atoms with Crippen LogP contribution in [0.2, 0.25) is 0 Å². The topological polar surface area (TPSA) is 45.7 Å². The number of hydrogen-bond acceptors (Lipinski definition) is 2. The van der Waals surface area contributed by atoms with E-state index in [0.29, 0.717) is 12.6 Å². The van der Waals surface area contributed by atoms with Crippen molar-refractivity contribution in [3.8, 4) is 0 Å². The van der Waals surface area contributed by atoms with Crippen molar-refractivity contribution in [3.63, 3.8) is 0 Å². The van der Waals surface area contributed by atoms with Crippen LogP contribution >= 0.6 is 24.0 Å². The number of benzene rings is 1. The van der Waals surface area contributed by atoms with E-state index in [1.54, 1.807) is 19.2 Å². The van der Waals surface area contributed by atoms with Gasteiger partial charge in [0.2, 0.25) is 0 Å². The van der Waals surface area contributed by atoms with Gasteiger partial charge in [-0.05, 0) is 37.5 Å². The molecule has 1 aromatic rings. The Kier molecular flexibility index (Phi) is 7.95. The molecule has 0 heterocycles. The van der Waals surface area contributed by atoms with Crippen LogP contribution in [-0.4, -0.2) is 32.2 Å². The molecular weight excluding hydrogens is 384 g/mol. The zero-order valence-electron chi connectivity index (χ0n) is 12.4. The van der Waals surface area contributed by atoms with E-state index >= 15 is 0 Å². The van der Waals surface area contributed by atoms with E-state index in [4.69, 9.17) is 4.74 Å². The van der Waals surface area contributed by atoms with Gasteiger partial charge in [-0.15, -0.1) is 24.0 Å². The quantitative estimate of drug-likeness (QED) is 0.433. The minimum absolute atomic E-state index is 0. The smallest absolute Gasteiger partial charge is 0.191 e. The van der Waals surface area contributed by atoms with Gasteiger partial charge in [0.05, 0.1) is 6.54 Å². The van der Waals surface area contributed by atoms with Crippen LogP contribution in [0.25, 0.3) is 0 Å². The lowest BCUT2D eigenvalue weighted by Gasteiger charge is -2.15. The molecule has 2 N–H and O–H groups in total. The van der Waals surface area contributed by atoms with Crippen LogP contribution < -0.4 is 10.6 Å². The summed E-state index contributed by atoms with van der Waals surface area (Å²) in [5.74, 6) is 0.579. The van der Waals surface area contributed by atoms with Crippen molar-refractivity contribution < 1.29 is 9.13 Å². The SMILES string of the molecule is CCNC(=NCC(OC)c1ccc(F)cc1)NC1CC1.I. The van der Waals surface area contributed by atoms with Crippen molar-refractivity contribution >= 4 is 29.9 Å². The maximum atomic E-state index is 12.9. The highest BCUT2D eigenvalue weighted by molar-refractivity contribution is 14.0. The largest absolute Gasteiger partial charge is 0.375 e. The fourth-order valence-corrected chi connectivity index (χ4v) is 1.91. The molecule has 6 heteroatoms. The minimum atomic E-state index is -0.240. The van der Waals surface area contributed by atoms with E-state index in [1.807, 2.05) is 6.92 Å². The summed E-state index contributed by atoms with van der Waals surface area (Å²) in [5, 5.41) is 6.57. The van der Waals surface area contributed by atoms with E-state index < -0.39 is 0 Å². The molecule has 0 spiro atoms. The highest BCUT2D eigenvalue weighted by atomic mass is 127. The Bertz CT molecular complexity index is 449. The van der Waals surface area contributed by atoms with Crippen LogP contribution in [0, 0.1) is 5.82 Å². The molecule has 1 aromatic carbocycles. The van der Waals surface area contributed by atoms with Gasteiger partial charge in [-0.1, -0.05) is 12.1 Å². The molecule has 1 aliphatic rings. The Labute approximate surface area is 142 Å². The van der Waals surface area contributed by atoms with Crippen molar-refractivity contribution in [3.05, 3.63) is 35.6 Å². The second kappa shape index (κ2) is 9.19. The Morgan fingerprint density at radius 3 is 2.57 bits per heavy atom. The van der Waals surface area contributed by atoms with E-state index in [1.165, 1.54) is 25.0 Å². The molecule has 1 aliphatic carbocycles. The molecule has 0 aliphatic heterocycles. The number of aliphatic imine (C=N–C) groups is 1. The van der Waals surface area contributed by atoms with Crippen LogP contribution in [0.15, 0.2) is 29.3 Å². The van der Waals surface area contributed by atoms with E-state index in [0.717, 1.165) is 18.1 Å². The van der Waals surface area contributed by atoms with Gasteiger partial charge in [0.1, 0.15) is 11.9 Å². The van der Waals surface area contributed by atoms with Crippen LogP contribution in [-0.2, 0) is 4.74 Å². The average molecular weight is 407 g/mol. The third kappa shape index (κ3) is 6.17. The van der Waals surface area contributed by atoms with Gasteiger partial charge in [-0.3, -0.25) is 4.99 Å². The van der Waals surface area contributed by atoms with Crippen LogP contribution in [0.3, 0.4) is 0 Å². The van der Waals surface area contributed by atoms with Gasteiger partial charge in [0.25, 0.3) is 0 Å². The van der Waals surface area contributed by atoms with Crippen molar-refractivity contribution in [2.45, 2.75) is 31.9 Å². The summed E-state index contributed by atoms with van der Waals surface area (Å²) in [5.41, 5.74) is 0.930. The predicted molar refractivity (Wildman–Crippen MR) is 93.7 cm³/mol. The molecular formula is C15H23FIN3O. The standard InChI is InChI=1S/C15H22FN3O.HI/c1-3-17-15(19-13-8-9-13)18-10-14(20-2)11-4-6-12(16)7-5-11;/h4-7,13-14H,3,8-10H2,1-2H3,(H2,17,18,19);1H. The zero-order chi connectivity index (χ0) is 14.4. The van der Waals surface area contributed by atoms with Gasteiger partial charge in [-0.25, -0.2) is 4.39 Å². The van der Waals surface area contributed by atoms with Gasteiger partial charge < -0.3 is 15.4 Å². The number of nitrogens with zero attached hydrogens (tertiary/aromatic N) is 1. The monoisotopic (exact) mass is 407 g/mol. The molecule has 1 fully saturated rings. The van der Waals surface area contributed by atoms with Gasteiger partial charge >= 0.3 is 0 Å². The lowest BCUT2D eigenvalue weighted by atomic mass is 10.1. The van der Waals surface area contributed by atoms with Gasteiger partial charge in [0.15, 0.2) is 5.96 Å². The third-order valence-electron chi connectivity index (χ3n) is 3.20. The van der Waals surface area contributed by atoms with E-state index in [2.05, 4.69) is 15.6 Å². The number of guanidine groups is 1. The molecule has 0 radical (unpaired) electrons. The fraction of sp³-hybridized carbons (Fsp3) is 0.533. The molecule has 2 rings (SSSR count). The molecule has 0 aromatic heterocycles. The van der Waals surface area contributed by atoms with Crippen LogP contribution in [0.1, 0.15) is 31.4 Å². The number of rotatable bonds is 6. The van der Waals surface area contributed by atoms with Gasteiger partial charge in [-0.2, -0.15) is 0 Å². The van der Waals surface area contributed by atoms with Crippen molar-refractivity contribution in [2.24, 2.45) is 4.99 Å². The van der Waals surface area contributed by atoms with E-state index in [-0.39, 0.29) is 35.9 Å². The fourth-order valence-electron chi connectivity index (χ4n) is 1.91. The van der Waals surface area contributed by atoms with Crippen LogP contribution in [0.4, 0.5) is 4.39 Å². The Balaban J connectivity index is 0.00000220. The first kappa shape index (κ1) is 18.2. The predicted octanol–water partition coefficient (Wildman–Crippen LogP) is 2.85. The summed E-state index contributed by atoms with van der Waals surface area (Å²) in [4.78, 5) is 4.54. The first-order chi connectivity index (χ1) is 9.72. The first-order valence-corrected chi connectivity index (χ1v) is 7.06. The summed E-state index contributed by atoms with van der Waals surface area (Å²) in [6.45, 7) is 3.37. The number of nitrogens with one attached hydrogen (secondary N) is 2. The normalized spacial score (nSPS) is 16.0. The average Bonchev–Trinajstić information content (AvgIpc) is 3.25. The molecule has 0 amide bonds. The molecule has 0 saturated heterocycles. The number of halogens is 2. The summed E-state index contributed by atoms with van der Waals surface area (Å²) in [7, 11) is 1.64. The van der Waals surface area contributed by atoms with Crippen molar-refractivity contribution in [2.75, 3.05) is 20.2 Å². The summed E-state index contributed by atoms with van der Waals surface area (Å²) < 4.78 is 18.4. The first-order valence-electron chi connectivity index (χ1n) is 7.06. The Morgan fingerprint density at radius 2 is 2.05 bits per heavy atom. The molecule has 1 saturated carbocycles. The van der Waals surface area contributed by atoms with E-state index in [9.17, 15) is 4.39 Å². The van der Waals surface area contributed by atoms with Crippen LogP contribution in [0.5, 0.6) is 0 Å². The summed E-state index contributed by atoms with van der Waals surface area (Å²) >= 11 is 0. The summed E-state index contributed by atoms with van der Waals surface area (Å²) in [6, 6.07) is 6.91. The maximum absolute atomic E-state index is 12.9. The molecule has 1 unspecified atom stereocenters. The maximum Gasteiger partial charge on any atom is 0.191 e. The lowest BCUT2D eigenvalue weighted by Crippen LogP contribution is -2.38. The second-order valence-corrected chi connectivity index (χ2v) is 4.91. The highest BCUT2D eigenvalue weighted by Gasteiger charge is 2.22. The summed E-state index contributed by atoms with van der Waals surface area (Å²) in [6.07, 6.45) is 2.25. The highest BCUT2D eigenvalue weighted by Crippen LogP contribution is 2.19. The lowest BCUT2D eigenvalue weighted by molar-refractivity contribution is 0.111. The molecule has 1 atom stereocenters. The van der Waals surface area contributed by atoms with Crippen molar-refractivity contribution in [1.29, 1.82) is 0 Å². The molecule has 21 heavy (non-hydrogen) atoms. The number of ether oxygens (including phenoxy) is 1. The Morgan fingerprint density at radius 1 is 1.38 bits per heavy atom.